The maximum absolute atomic E-state index is 13.8. The van der Waals surface area contributed by atoms with Crippen LogP contribution in [0.3, 0.4) is 0 Å². The number of nitrogens with zero attached hydrogens (tertiary/aromatic N) is 1. The van der Waals surface area contributed by atoms with E-state index in [1.807, 2.05) is 19.9 Å². The first-order valence-electron chi connectivity index (χ1n) is 13.3. The summed E-state index contributed by atoms with van der Waals surface area (Å²) in [5.74, 6) is -3.47. The van der Waals surface area contributed by atoms with E-state index < -0.39 is 23.2 Å². The smallest absolute Gasteiger partial charge is 0.197 e. The summed E-state index contributed by atoms with van der Waals surface area (Å²) >= 11 is 0. The van der Waals surface area contributed by atoms with E-state index in [9.17, 15) is 18.4 Å². The molecule has 1 heterocycles. The normalized spacial score (nSPS) is 15.2. The van der Waals surface area contributed by atoms with Gasteiger partial charge in [0.05, 0.1) is 16.9 Å². The van der Waals surface area contributed by atoms with E-state index in [2.05, 4.69) is 75.1 Å². The highest BCUT2D eigenvalue weighted by Gasteiger charge is 2.38. The van der Waals surface area contributed by atoms with Gasteiger partial charge in [0.15, 0.2) is 23.2 Å². The third-order valence-electron chi connectivity index (χ3n) is 8.30. The Morgan fingerprint density at radius 3 is 1.65 bits per heavy atom. The highest BCUT2D eigenvalue weighted by atomic mass is 19.2. The van der Waals surface area contributed by atoms with Gasteiger partial charge < -0.3 is 4.90 Å². The van der Waals surface area contributed by atoms with Crippen molar-refractivity contribution in [2.75, 3.05) is 4.90 Å². The number of carbonyl (C=O) groups excluding carboxylic acids is 2. The lowest BCUT2D eigenvalue weighted by molar-refractivity contribution is 0.0990. The van der Waals surface area contributed by atoms with Crippen molar-refractivity contribution in [3.8, 4) is 0 Å². The van der Waals surface area contributed by atoms with Gasteiger partial charge in [-0.25, -0.2) is 8.78 Å². The second-order valence-electron chi connectivity index (χ2n) is 11.5. The summed E-state index contributed by atoms with van der Waals surface area (Å²) in [6.45, 7) is 12.7. The first-order chi connectivity index (χ1) is 18.9. The number of aryl methyl sites for hydroxylation is 4. The van der Waals surface area contributed by atoms with Crippen LogP contribution in [-0.4, -0.2) is 11.6 Å². The van der Waals surface area contributed by atoms with Crippen LogP contribution in [0.4, 0.5) is 25.8 Å². The molecular formula is C35H29F2NO2. The van der Waals surface area contributed by atoms with Gasteiger partial charge in [-0.1, -0.05) is 49.2 Å². The third-order valence-corrected chi connectivity index (χ3v) is 8.30. The standard InChI is InChI=1S/C35H29F2NO2/c1-18-7-9-30-26(11-18)35(5,6)27-12-19(2)8-10-31(27)38(30)32-14-20(3)22(13-21(32)4)15-25-33(39)23-16-28(36)29(37)17-24(23)34(25)40/h7-17H,1-6H3. The van der Waals surface area contributed by atoms with Gasteiger partial charge in [0.25, 0.3) is 0 Å². The Hall–Kier alpha value is -4.38. The topological polar surface area (TPSA) is 37.4 Å². The molecule has 0 saturated carbocycles. The van der Waals surface area contributed by atoms with Crippen molar-refractivity contribution in [3.05, 3.63) is 128 Å². The van der Waals surface area contributed by atoms with Crippen molar-refractivity contribution in [3.63, 3.8) is 0 Å². The summed E-state index contributed by atoms with van der Waals surface area (Å²) in [6.07, 6.45) is 1.54. The van der Waals surface area contributed by atoms with E-state index in [4.69, 9.17) is 0 Å². The minimum absolute atomic E-state index is 0.0865. The molecule has 0 fully saturated rings. The summed E-state index contributed by atoms with van der Waals surface area (Å²) in [5.41, 5.74) is 10.2. The van der Waals surface area contributed by atoms with Crippen LogP contribution in [0.25, 0.3) is 6.08 Å². The first-order valence-corrected chi connectivity index (χ1v) is 13.3. The summed E-state index contributed by atoms with van der Waals surface area (Å²) in [6, 6.07) is 18.8. The molecule has 0 aromatic heterocycles. The molecule has 4 aromatic rings. The zero-order chi connectivity index (χ0) is 28.7. The number of allylic oxidation sites excluding steroid dienone is 1. The van der Waals surface area contributed by atoms with Gasteiger partial charge >= 0.3 is 0 Å². The average molecular weight is 534 g/mol. The summed E-state index contributed by atoms with van der Waals surface area (Å²) < 4.78 is 27.6. The molecule has 1 aliphatic heterocycles. The molecule has 0 saturated heterocycles. The molecule has 0 N–H and O–H groups in total. The van der Waals surface area contributed by atoms with E-state index >= 15 is 0 Å². The zero-order valence-corrected chi connectivity index (χ0v) is 23.4. The largest absolute Gasteiger partial charge is 0.310 e. The molecule has 2 aliphatic rings. The molecule has 0 amide bonds. The predicted octanol–water partition coefficient (Wildman–Crippen LogP) is 8.77. The maximum atomic E-state index is 13.8. The fourth-order valence-electron chi connectivity index (χ4n) is 6.05. The summed E-state index contributed by atoms with van der Waals surface area (Å²) in [5, 5.41) is 0. The van der Waals surface area contributed by atoms with E-state index in [-0.39, 0.29) is 22.1 Å². The fraction of sp³-hybridized carbons (Fsp3) is 0.200. The fourth-order valence-corrected chi connectivity index (χ4v) is 6.05. The van der Waals surface area contributed by atoms with Crippen molar-refractivity contribution >= 4 is 34.7 Å². The molecule has 0 bridgehead atoms. The van der Waals surface area contributed by atoms with Crippen LogP contribution >= 0.6 is 0 Å². The first kappa shape index (κ1) is 25.9. The van der Waals surface area contributed by atoms with Crippen LogP contribution in [-0.2, 0) is 5.41 Å². The Morgan fingerprint density at radius 1 is 0.650 bits per heavy atom. The van der Waals surface area contributed by atoms with Crippen molar-refractivity contribution in [2.24, 2.45) is 0 Å². The van der Waals surface area contributed by atoms with Gasteiger partial charge in [-0.2, -0.15) is 0 Å². The highest BCUT2D eigenvalue weighted by molar-refractivity contribution is 6.41. The lowest BCUT2D eigenvalue weighted by Gasteiger charge is -2.43. The second-order valence-corrected chi connectivity index (χ2v) is 11.5. The van der Waals surface area contributed by atoms with E-state index in [1.165, 1.54) is 22.3 Å². The van der Waals surface area contributed by atoms with E-state index in [0.29, 0.717) is 5.56 Å². The van der Waals surface area contributed by atoms with Crippen LogP contribution < -0.4 is 4.90 Å². The van der Waals surface area contributed by atoms with E-state index in [1.54, 1.807) is 6.08 Å². The minimum Gasteiger partial charge on any atom is -0.310 e. The molecule has 0 atom stereocenters. The van der Waals surface area contributed by atoms with Crippen molar-refractivity contribution in [2.45, 2.75) is 47.0 Å². The number of rotatable bonds is 2. The highest BCUT2D eigenvalue weighted by Crippen LogP contribution is 2.53. The average Bonchev–Trinajstić information content (AvgIpc) is 3.11. The Morgan fingerprint density at radius 2 is 1.15 bits per heavy atom. The summed E-state index contributed by atoms with van der Waals surface area (Å²) in [4.78, 5) is 28.3. The van der Waals surface area contributed by atoms with Crippen molar-refractivity contribution < 1.29 is 18.4 Å². The van der Waals surface area contributed by atoms with Crippen LogP contribution in [0, 0.1) is 39.3 Å². The Kier molecular flexibility index (Phi) is 5.70. The molecular weight excluding hydrogens is 504 g/mol. The molecule has 1 aliphatic carbocycles. The maximum Gasteiger partial charge on any atom is 0.197 e. The van der Waals surface area contributed by atoms with Gasteiger partial charge in [-0.3, -0.25) is 9.59 Å². The van der Waals surface area contributed by atoms with Crippen molar-refractivity contribution in [1.29, 1.82) is 0 Å². The minimum atomic E-state index is -1.15. The molecule has 40 heavy (non-hydrogen) atoms. The number of benzene rings is 4. The third kappa shape index (κ3) is 3.75. The number of hydrogen-bond donors (Lipinski definition) is 0. The quantitative estimate of drug-likeness (QED) is 0.191. The molecule has 200 valence electrons. The van der Waals surface area contributed by atoms with Crippen LogP contribution in [0.15, 0.2) is 66.2 Å². The SMILES string of the molecule is Cc1ccc2c(c1)C(C)(C)c1cc(C)ccc1N2c1cc(C)c(C=C2C(=O)c3cc(F)c(F)cc3C2=O)cc1C. The number of hydrogen-bond acceptors (Lipinski definition) is 3. The number of halogens is 2. The van der Waals surface area contributed by atoms with Gasteiger partial charge in [-0.15, -0.1) is 0 Å². The van der Waals surface area contributed by atoms with Gasteiger partial charge in [-0.05, 0) is 98.0 Å². The van der Waals surface area contributed by atoms with Gasteiger partial charge in [0, 0.05) is 22.2 Å². The van der Waals surface area contributed by atoms with Crippen LogP contribution in [0.5, 0.6) is 0 Å². The van der Waals surface area contributed by atoms with Gasteiger partial charge in [0.1, 0.15) is 0 Å². The summed E-state index contributed by atoms with van der Waals surface area (Å²) in [7, 11) is 0. The monoisotopic (exact) mass is 533 g/mol. The van der Waals surface area contributed by atoms with Gasteiger partial charge in [0.2, 0.25) is 0 Å². The number of ketones is 2. The lowest BCUT2D eigenvalue weighted by atomic mass is 9.72. The molecule has 0 unspecified atom stereocenters. The molecule has 4 aromatic carbocycles. The Labute approximate surface area is 232 Å². The zero-order valence-electron chi connectivity index (χ0n) is 23.4. The number of fused-ring (bicyclic) bond motifs is 3. The molecule has 6 rings (SSSR count). The predicted molar refractivity (Wildman–Crippen MR) is 155 cm³/mol. The Balaban J connectivity index is 1.50. The molecule has 0 radical (unpaired) electrons. The van der Waals surface area contributed by atoms with Crippen LogP contribution in [0.1, 0.15) is 73.5 Å². The second kappa shape index (κ2) is 8.82. The lowest BCUT2D eigenvalue weighted by Crippen LogP contribution is -2.31. The van der Waals surface area contributed by atoms with Crippen LogP contribution in [0.2, 0.25) is 0 Å². The van der Waals surface area contributed by atoms with Crippen molar-refractivity contribution in [1.82, 2.24) is 0 Å². The molecule has 5 heteroatoms. The Bertz CT molecular complexity index is 1730. The van der Waals surface area contributed by atoms with E-state index in [0.717, 1.165) is 40.3 Å². The number of carbonyl (C=O) groups is 2. The number of Topliss-reactive ketones (excluding diaryl/α,β-unsaturated/α-hetero) is 2. The molecule has 3 nitrogen and oxygen atoms in total. The number of anilines is 3. The molecule has 0 spiro atoms.